The highest BCUT2D eigenvalue weighted by molar-refractivity contribution is 6.30. The molecule has 0 saturated heterocycles. The molecule has 1 saturated carbocycles. The average Bonchev–Trinajstić information content (AvgIpc) is 2.45. The Morgan fingerprint density at radius 3 is 2.19 bits per heavy atom. The summed E-state index contributed by atoms with van der Waals surface area (Å²) in [6, 6.07) is 8.60. The highest BCUT2D eigenvalue weighted by Crippen LogP contribution is 2.39. The lowest BCUT2D eigenvalue weighted by Crippen LogP contribution is -2.31. The average molecular weight is 308 g/mol. The van der Waals surface area contributed by atoms with Gasteiger partial charge in [-0.25, -0.2) is 0 Å². The normalized spacial score (nSPS) is 24.8. The molecule has 0 radical (unpaired) electrons. The number of hydrogen-bond acceptors (Lipinski definition) is 1. The van der Waals surface area contributed by atoms with Crippen LogP contribution in [0.2, 0.25) is 5.02 Å². The van der Waals surface area contributed by atoms with Gasteiger partial charge in [-0.05, 0) is 74.1 Å². The largest absolute Gasteiger partial charge is 0.310 e. The Bertz CT molecular complexity index is 424. The summed E-state index contributed by atoms with van der Waals surface area (Å²) in [5, 5.41) is 4.51. The molecule has 1 aliphatic rings. The van der Waals surface area contributed by atoms with Gasteiger partial charge >= 0.3 is 0 Å². The summed E-state index contributed by atoms with van der Waals surface area (Å²) in [7, 11) is 0. The summed E-state index contributed by atoms with van der Waals surface area (Å²) in [6.07, 6.45) is 5.54. The van der Waals surface area contributed by atoms with Crippen molar-refractivity contribution in [3.8, 4) is 0 Å². The zero-order valence-corrected chi connectivity index (χ0v) is 14.7. The van der Waals surface area contributed by atoms with E-state index in [9.17, 15) is 0 Å². The van der Waals surface area contributed by atoms with Crippen LogP contribution in [0.3, 0.4) is 0 Å². The Morgan fingerprint density at radius 2 is 1.67 bits per heavy atom. The van der Waals surface area contributed by atoms with E-state index in [0.717, 1.165) is 23.4 Å². The van der Waals surface area contributed by atoms with Crippen molar-refractivity contribution in [2.24, 2.45) is 17.3 Å². The SMILES string of the molecule is C[C@@H](NCC1CCC(C(C)(C)C)CC1)c1ccc(Cl)cc1. The molecule has 1 atom stereocenters. The van der Waals surface area contributed by atoms with E-state index < -0.39 is 0 Å². The molecule has 1 aromatic rings. The molecule has 0 unspecified atom stereocenters. The maximum atomic E-state index is 5.95. The zero-order chi connectivity index (χ0) is 15.5. The van der Waals surface area contributed by atoms with Gasteiger partial charge < -0.3 is 5.32 Å². The molecule has 0 bridgehead atoms. The molecule has 0 aliphatic heterocycles. The number of benzene rings is 1. The van der Waals surface area contributed by atoms with Crippen molar-refractivity contribution in [1.29, 1.82) is 0 Å². The minimum Gasteiger partial charge on any atom is -0.310 e. The second-order valence-electron chi connectivity index (χ2n) is 7.77. The maximum Gasteiger partial charge on any atom is 0.0406 e. The van der Waals surface area contributed by atoms with Gasteiger partial charge in [0.05, 0.1) is 0 Å². The lowest BCUT2D eigenvalue weighted by molar-refractivity contribution is 0.148. The van der Waals surface area contributed by atoms with Crippen LogP contribution in [0.25, 0.3) is 0 Å². The van der Waals surface area contributed by atoms with E-state index in [-0.39, 0.29) is 0 Å². The first kappa shape index (κ1) is 16.8. The third-order valence-electron chi connectivity index (χ3n) is 5.15. The summed E-state index contributed by atoms with van der Waals surface area (Å²) in [5.41, 5.74) is 1.80. The molecular formula is C19H30ClN. The van der Waals surface area contributed by atoms with Gasteiger partial charge in [0.15, 0.2) is 0 Å². The lowest BCUT2D eigenvalue weighted by atomic mass is 9.70. The highest BCUT2D eigenvalue weighted by Gasteiger charge is 2.29. The quantitative estimate of drug-likeness (QED) is 0.736. The number of nitrogens with one attached hydrogen (secondary N) is 1. The third kappa shape index (κ3) is 5.00. The Hall–Kier alpha value is -0.530. The lowest BCUT2D eigenvalue weighted by Gasteiger charge is -2.37. The van der Waals surface area contributed by atoms with Crippen LogP contribution in [0.4, 0.5) is 0 Å². The van der Waals surface area contributed by atoms with Gasteiger partial charge in [-0.1, -0.05) is 44.5 Å². The second kappa shape index (κ2) is 7.15. The summed E-state index contributed by atoms with van der Waals surface area (Å²) in [4.78, 5) is 0. The van der Waals surface area contributed by atoms with Gasteiger partial charge in [-0.15, -0.1) is 0 Å². The van der Waals surface area contributed by atoms with E-state index in [1.165, 1.54) is 31.2 Å². The van der Waals surface area contributed by atoms with Crippen LogP contribution in [0.15, 0.2) is 24.3 Å². The molecule has 21 heavy (non-hydrogen) atoms. The number of hydrogen-bond donors (Lipinski definition) is 1. The molecule has 118 valence electrons. The Labute approximate surface area is 135 Å². The van der Waals surface area contributed by atoms with Crippen LogP contribution in [-0.2, 0) is 0 Å². The predicted molar refractivity (Wildman–Crippen MR) is 92.8 cm³/mol. The van der Waals surface area contributed by atoms with Crippen LogP contribution in [0.5, 0.6) is 0 Å². The minimum absolute atomic E-state index is 0.405. The van der Waals surface area contributed by atoms with Crippen molar-refractivity contribution in [2.75, 3.05) is 6.54 Å². The second-order valence-corrected chi connectivity index (χ2v) is 8.20. The molecule has 2 heteroatoms. The molecule has 0 aromatic heterocycles. The van der Waals surface area contributed by atoms with E-state index in [1.807, 2.05) is 12.1 Å². The molecule has 2 rings (SSSR count). The van der Waals surface area contributed by atoms with E-state index in [1.54, 1.807) is 0 Å². The Kier molecular flexibility index (Phi) is 5.73. The van der Waals surface area contributed by atoms with Crippen molar-refractivity contribution >= 4 is 11.6 Å². The van der Waals surface area contributed by atoms with Crippen molar-refractivity contribution < 1.29 is 0 Å². The molecule has 0 spiro atoms. The van der Waals surface area contributed by atoms with Crippen LogP contribution >= 0.6 is 11.6 Å². The van der Waals surface area contributed by atoms with Crippen LogP contribution < -0.4 is 5.32 Å². The molecule has 1 N–H and O–H groups in total. The fraction of sp³-hybridized carbons (Fsp3) is 0.684. The Balaban J connectivity index is 1.76. The molecule has 1 aliphatic carbocycles. The standard InChI is InChI=1S/C19H30ClN/c1-14(16-7-11-18(20)12-8-16)21-13-15-5-9-17(10-6-15)19(2,3)4/h7-8,11-12,14-15,17,21H,5-6,9-10,13H2,1-4H3/t14-,15?,17?/m1/s1. The van der Waals surface area contributed by atoms with Gasteiger partial charge in [-0.3, -0.25) is 0 Å². The first-order valence-corrected chi connectivity index (χ1v) is 8.73. The fourth-order valence-corrected chi connectivity index (χ4v) is 3.57. The van der Waals surface area contributed by atoms with Crippen molar-refractivity contribution in [1.82, 2.24) is 5.32 Å². The molecule has 1 fully saturated rings. The molecule has 0 amide bonds. The smallest absolute Gasteiger partial charge is 0.0406 e. The van der Waals surface area contributed by atoms with Crippen molar-refractivity contribution in [3.05, 3.63) is 34.9 Å². The predicted octanol–water partition coefficient (Wildman–Crippen LogP) is 5.84. The van der Waals surface area contributed by atoms with E-state index in [0.29, 0.717) is 11.5 Å². The van der Waals surface area contributed by atoms with Gasteiger partial charge in [-0.2, -0.15) is 0 Å². The topological polar surface area (TPSA) is 12.0 Å². The summed E-state index contributed by atoms with van der Waals surface area (Å²) < 4.78 is 0. The van der Waals surface area contributed by atoms with Gasteiger partial charge in [0.25, 0.3) is 0 Å². The van der Waals surface area contributed by atoms with Crippen LogP contribution in [0, 0.1) is 17.3 Å². The van der Waals surface area contributed by atoms with Gasteiger partial charge in [0.2, 0.25) is 0 Å². The summed E-state index contributed by atoms with van der Waals surface area (Å²) in [6.45, 7) is 10.5. The minimum atomic E-state index is 0.405. The van der Waals surface area contributed by atoms with Gasteiger partial charge in [0.1, 0.15) is 0 Å². The van der Waals surface area contributed by atoms with E-state index in [4.69, 9.17) is 11.6 Å². The summed E-state index contributed by atoms with van der Waals surface area (Å²) >= 11 is 5.95. The summed E-state index contributed by atoms with van der Waals surface area (Å²) in [5.74, 6) is 1.75. The maximum absolute atomic E-state index is 5.95. The van der Waals surface area contributed by atoms with E-state index >= 15 is 0 Å². The first-order chi connectivity index (χ1) is 9.86. The van der Waals surface area contributed by atoms with Crippen molar-refractivity contribution in [3.63, 3.8) is 0 Å². The molecule has 1 aromatic carbocycles. The number of halogens is 1. The number of rotatable bonds is 4. The highest BCUT2D eigenvalue weighted by atomic mass is 35.5. The third-order valence-corrected chi connectivity index (χ3v) is 5.41. The van der Waals surface area contributed by atoms with Crippen LogP contribution in [0.1, 0.15) is 65.0 Å². The van der Waals surface area contributed by atoms with Crippen LogP contribution in [-0.4, -0.2) is 6.54 Å². The van der Waals surface area contributed by atoms with Gasteiger partial charge in [0, 0.05) is 11.1 Å². The van der Waals surface area contributed by atoms with E-state index in [2.05, 4.69) is 45.1 Å². The molecule has 1 nitrogen and oxygen atoms in total. The zero-order valence-electron chi connectivity index (χ0n) is 14.0. The first-order valence-electron chi connectivity index (χ1n) is 8.35. The fourth-order valence-electron chi connectivity index (χ4n) is 3.45. The molecular weight excluding hydrogens is 278 g/mol. The Morgan fingerprint density at radius 1 is 1.10 bits per heavy atom. The molecule has 0 heterocycles. The van der Waals surface area contributed by atoms with Crippen molar-refractivity contribution in [2.45, 2.75) is 59.4 Å². The monoisotopic (exact) mass is 307 g/mol.